The van der Waals surface area contributed by atoms with Crippen molar-refractivity contribution in [2.24, 2.45) is 5.10 Å². The number of rotatable bonds is 6. The second-order valence-corrected chi connectivity index (χ2v) is 5.09. The molecule has 0 aliphatic carbocycles. The van der Waals surface area contributed by atoms with Crippen LogP contribution < -0.4 is 10.2 Å². The van der Waals surface area contributed by atoms with Crippen LogP contribution in [0.1, 0.15) is 16.7 Å². The lowest BCUT2D eigenvalue weighted by Crippen LogP contribution is -2.24. The van der Waals surface area contributed by atoms with Gasteiger partial charge in [0.1, 0.15) is 5.75 Å². The first-order valence-corrected chi connectivity index (χ1v) is 7.39. The van der Waals surface area contributed by atoms with E-state index in [-0.39, 0.29) is 12.5 Å². The summed E-state index contributed by atoms with van der Waals surface area (Å²) < 4.78 is 5.55. The number of aryl methyl sites for hydroxylation is 2. The standard InChI is InChI=1S/C19H20N2O2/c1-15-8-6-9-16(2)19(15)23-14-18(22)21-20-13-7-12-17-10-4-3-5-11-17/h3-13H,14H2,1-2H3,(H,21,22)/b12-7+,20-13+. The zero-order chi connectivity index (χ0) is 16.5. The Balaban J connectivity index is 1.77. The van der Waals surface area contributed by atoms with E-state index in [1.54, 1.807) is 6.08 Å². The van der Waals surface area contributed by atoms with Crippen molar-refractivity contribution in [3.05, 3.63) is 71.3 Å². The third-order valence-electron chi connectivity index (χ3n) is 3.19. The van der Waals surface area contributed by atoms with Gasteiger partial charge in [0.2, 0.25) is 0 Å². The average molecular weight is 308 g/mol. The van der Waals surface area contributed by atoms with E-state index in [0.717, 1.165) is 22.4 Å². The second kappa shape index (κ2) is 8.54. The van der Waals surface area contributed by atoms with Crippen molar-refractivity contribution in [3.8, 4) is 5.75 Å². The van der Waals surface area contributed by atoms with Gasteiger partial charge in [-0.25, -0.2) is 5.43 Å². The van der Waals surface area contributed by atoms with E-state index in [1.165, 1.54) is 6.21 Å². The molecule has 0 bridgehead atoms. The lowest BCUT2D eigenvalue weighted by atomic mass is 10.1. The number of ether oxygens (including phenoxy) is 1. The molecule has 1 amide bonds. The van der Waals surface area contributed by atoms with Gasteiger partial charge in [0.05, 0.1) is 0 Å². The van der Waals surface area contributed by atoms with Gasteiger partial charge in [0.15, 0.2) is 6.61 Å². The number of hydrogen-bond acceptors (Lipinski definition) is 3. The van der Waals surface area contributed by atoms with Gasteiger partial charge >= 0.3 is 0 Å². The number of allylic oxidation sites excluding steroid dienone is 1. The average Bonchev–Trinajstić information content (AvgIpc) is 2.55. The molecule has 0 fully saturated rings. The summed E-state index contributed by atoms with van der Waals surface area (Å²) in [5, 5.41) is 3.85. The van der Waals surface area contributed by atoms with Gasteiger partial charge in [-0.15, -0.1) is 0 Å². The summed E-state index contributed by atoms with van der Waals surface area (Å²) in [4.78, 5) is 11.7. The Labute approximate surface area is 136 Å². The first-order chi connectivity index (χ1) is 11.2. The molecule has 1 N–H and O–H groups in total. The van der Waals surface area contributed by atoms with Crippen LogP contribution in [0.3, 0.4) is 0 Å². The Hall–Kier alpha value is -2.88. The van der Waals surface area contributed by atoms with Crippen molar-refractivity contribution in [2.45, 2.75) is 13.8 Å². The number of carbonyl (C=O) groups is 1. The minimum atomic E-state index is -0.294. The summed E-state index contributed by atoms with van der Waals surface area (Å²) in [7, 11) is 0. The van der Waals surface area contributed by atoms with Crippen LogP contribution in [0.25, 0.3) is 6.08 Å². The molecular formula is C19H20N2O2. The third-order valence-corrected chi connectivity index (χ3v) is 3.19. The van der Waals surface area contributed by atoms with Gasteiger partial charge in [0, 0.05) is 6.21 Å². The smallest absolute Gasteiger partial charge is 0.277 e. The third kappa shape index (κ3) is 5.43. The molecule has 0 spiro atoms. The van der Waals surface area contributed by atoms with Crippen molar-refractivity contribution < 1.29 is 9.53 Å². The van der Waals surface area contributed by atoms with Crippen LogP contribution in [0, 0.1) is 13.8 Å². The summed E-state index contributed by atoms with van der Waals surface area (Å²) >= 11 is 0. The van der Waals surface area contributed by atoms with E-state index >= 15 is 0 Å². The Bertz CT molecular complexity index is 686. The molecule has 2 aromatic rings. The number of hydrogen-bond donors (Lipinski definition) is 1. The fraction of sp³-hybridized carbons (Fsp3) is 0.158. The highest BCUT2D eigenvalue weighted by Crippen LogP contribution is 2.21. The lowest BCUT2D eigenvalue weighted by Gasteiger charge is -2.10. The molecule has 0 saturated carbocycles. The molecule has 0 aromatic heterocycles. The molecule has 118 valence electrons. The van der Waals surface area contributed by atoms with E-state index in [1.807, 2.05) is 68.5 Å². The zero-order valence-corrected chi connectivity index (χ0v) is 13.3. The topological polar surface area (TPSA) is 50.7 Å². The van der Waals surface area contributed by atoms with Crippen LogP contribution in [-0.4, -0.2) is 18.7 Å². The molecule has 0 radical (unpaired) electrons. The van der Waals surface area contributed by atoms with Gasteiger partial charge in [0.25, 0.3) is 5.91 Å². The van der Waals surface area contributed by atoms with Crippen molar-refractivity contribution in [1.29, 1.82) is 0 Å². The van der Waals surface area contributed by atoms with Gasteiger partial charge in [-0.2, -0.15) is 5.10 Å². The van der Waals surface area contributed by atoms with E-state index < -0.39 is 0 Å². The summed E-state index contributed by atoms with van der Waals surface area (Å²) in [5.41, 5.74) is 5.52. The highest BCUT2D eigenvalue weighted by molar-refractivity contribution is 5.82. The van der Waals surface area contributed by atoms with Crippen LogP contribution >= 0.6 is 0 Å². The lowest BCUT2D eigenvalue weighted by molar-refractivity contribution is -0.123. The number of para-hydroxylation sites is 1. The molecule has 23 heavy (non-hydrogen) atoms. The van der Waals surface area contributed by atoms with Crippen molar-refractivity contribution in [2.75, 3.05) is 6.61 Å². The normalized spacial score (nSPS) is 11.0. The van der Waals surface area contributed by atoms with Crippen molar-refractivity contribution in [3.63, 3.8) is 0 Å². The minimum Gasteiger partial charge on any atom is -0.483 e. The number of nitrogens with zero attached hydrogens (tertiary/aromatic N) is 1. The van der Waals surface area contributed by atoms with E-state index in [2.05, 4.69) is 10.5 Å². The predicted octanol–water partition coefficient (Wildman–Crippen LogP) is 3.50. The molecule has 4 nitrogen and oxygen atoms in total. The van der Waals surface area contributed by atoms with Crippen LogP contribution in [0.4, 0.5) is 0 Å². The van der Waals surface area contributed by atoms with Gasteiger partial charge < -0.3 is 4.74 Å². The minimum absolute atomic E-state index is 0.0641. The quantitative estimate of drug-likeness (QED) is 0.656. The van der Waals surface area contributed by atoms with Crippen LogP contribution in [0.5, 0.6) is 5.75 Å². The fourth-order valence-electron chi connectivity index (χ4n) is 2.07. The maximum absolute atomic E-state index is 11.7. The van der Waals surface area contributed by atoms with Crippen molar-refractivity contribution in [1.82, 2.24) is 5.43 Å². The number of hydrazone groups is 1. The Morgan fingerprint density at radius 1 is 1.09 bits per heavy atom. The monoisotopic (exact) mass is 308 g/mol. The van der Waals surface area contributed by atoms with Crippen LogP contribution in [0.2, 0.25) is 0 Å². The first-order valence-electron chi connectivity index (χ1n) is 7.39. The van der Waals surface area contributed by atoms with Gasteiger partial charge in [-0.3, -0.25) is 4.79 Å². The van der Waals surface area contributed by atoms with E-state index in [0.29, 0.717) is 0 Å². The molecule has 0 heterocycles. The maximum Gasteiger partial charge on any atom is 0.277 e. The molecule has 0 aliphatic heterocycles. The zero-order valence-electron chi connectivity index (χ0n) is 13.3. The first kappa shape index (κ1) is 16.5. The Morgan fingerprint density at radius 3 is 2.48 bits per heavy atom. The number of benzene rings is 2. The maximum atomic E-state index is 11.7. The molecule has 2 aromatic carbocycles. The molecular weight excluding hydrogens is 288 g/mol. The number of nitrogens with one attached hydrogen (secondary N) is 1. The Kier molecular flexibility index (Phi) is 6.12. The van der Waals surface area contributed by atoms with Gasteiger partial charge in [-0.1, -0.05) is 54.6 Å². The molecule has 0 atom stereocenters. The molecule has 0 saturated heterocycles. The molecule has 0 aliphatic rings. The molecule has 0 unspecified atom stereocenters. The van der Waals surface area contributed by atoms with Gasteiger partial charge in [-0.05, 0) is 36.6 Å². The van der Waals surface area contributed by atoms with E-state index in [4.69, 9.17) is 4.74 Å². The fourth-order valence-corrected chi connectivity index (χ4v) is 2.07. The second-order valence-electron chi connectivity index (χ2n) is 5.09. The summed E-state index contributed by atoms with van der Waals surface area (Å²) in [6.45, 7) is 3.84. The predicted molar refractivity (Wildman–Crippen MR) is 93.5 cm³/mol. The SMILES string of the molecule is Cc1cccc(C)c1OCC(=O)N/N=C/C=C/c1ccccc1. The molecule has 4 heteroatoms. The van der Waals surface area contributed by atoms with Crippen LogP contribution in [0.15, 0.2) is 59.7 Å². The number of amides is 1. The highest BCUT2D eigenvalue weighted by Gasteiger charge is 2.06. The van der Waals surface area contributed by atoms with Crippen LogP contribution in [-0.2, 0) is 4.79 Å². The van der Waals surface area contributed by atoms with Crippen molar-refractivity contribution >= 4 is 18.2 Å². The van der Waals surface area contributed by atoms with E-state index in [9.17, 15) is 4.79 Å². The molecule has 2 rings (SSSR count). The number of carbonyl (C=O) groups excluding carboxylic acids is 1. The summed E-state index contributed by atoms with van der Waals surface area (Å²) in [6.07, 6.45) is 5.20. The summed E-state index contributed by atoms with van der Waals surface area (Å²) in [5.74, 6) is 0.451. The Morgan fingerprint density at radius 2 is 1.78 bits per heavy atom. The summed E-state index contributed by atoms with van der Waals surface area (Å²) in [6, 6.07) is 15.7. The largest absolute Gasteiger partial charge is 0.483 e. The highest BCUT2D eigenvalue weighted by atomic mass is 16.5.